The van der Waals surface area contributed by atoms with Crippen LogP contribution >= 0.6 is 11.3 Å². The average Bonchev–Trinajstić information content (AvgIpc) is 3.18. The summed E-state index contributed by atoms with van der Waals surface area (Å²) in [4.78, 5) is 28.3. The molecular formula is C22H28N2O2S. The number of hydrogen-bond donors (Lipinski definition) is 1. The minimum atomic E-state index is -0.0404. The molecule has 1 aromatic heterocycles. The van der Waals surface area contributed by atoms with Crippen LogP contribution in [0, 0.1) is 0 Å². The molecule has 1 aliphatic heterocycles. The number of nitrogens with one attached hydrogen (secondary N) is 1. The molecule has 27 heavy (non-hydrogen) atoms. The van der Waals surface area contributed by atoms with E-state index in [9.17, 15) is 9.59 Å². The Morgan fingerprint density at radius 1 is 1.15 bits per heavy atom. The Hall–Kier alpha value is -2.14. The minimum Gasteiger partial charge on any atom is -0.356 e. The Kier molecular flexibility index (Phi) is 7.04. The zero-order valence-electron chi connectivity index (χ0n) is 15.9. The van der Waals surface area contributed by atoms with Crippen LogP contribution in [0.25, 0.3) is 0 Å². The second kappa shape index (κ2) is 9.70. The fourth-order valence-electron chi connectivity index (χ4n) is 3.64. The largest absolute Gasteiger partial charge is 0.356 e. The maximum absolute atomic E-state index is 12.9. The van der Waals surface area contributed by atoms with Crippen molar-refractivity contribution in [1.29, 1.82) is 0 Å². The zero-order valence-corrected chi connectivity index (χ0v) is 16.8. The lowest BCUT2D eigenvalue weighted by Crippen LogP contribution is -2.40. The predicted octanol–water partition coefficient (Wildman–Crippen LogP) is 4.31. The summed E-state index contributed by atoms with van der Waals surface area (Å²) in [6.45, 7) is 3.56. The molecule has 144 valence electrons. The molecular weight excluding hydrogens is 356 g/mol. The second-order valence-electron chi connectivity index (χ2n) is 7.01. The van der Waals surface area contributed by atoms with Crippen molar-refractivity contribution in [3.8, 4) is 0 Å². The highest BCUT2D eigenvalue weighted by molar-refractivity contribution is 7.10. The van der Waals surface area contributed by atoms with Crippen molar-refractivity contribution in [2.24, 2.45) is 0 Å². The van der Waals surface area contributed by atoms with E-state index in [4.69, 9.17) is 0 Å². The van der Waals surface area contributed by atoms with Crippen molar-refractivity contribution in [2.45, 2.75) is 51.5 Å². The molecule has 4 nitrogen and oxygen atoms in total. The monoisotopic (exact) mass is 384 g/mol. The molecule has 2 heterocycles. The van der Waals surface area contributed by atoms with Gasteiger partial charge in [-0.05, 0) is 35.4 Å². The van der Waals surface area contributed by atoms with E-state index < -0.39 is 0 Å². The number of amides is 2. The van der Waals surface area contributed by atoms with E-state index >= 15 is 0 Å². The maximum atomic E-state index is 12.9. The van der Waals surface area contributed by atoms with Crippen molar-refractivity contribution < 1.29 is 9.59 Å². The lowest BCUT2D eigenvalue weighted by atomic mass is 9.93. The number of rotatable bonds is 8. The van der Waals surface area contributed by atoms with Crippen molar-refractivity contribution in [1.82, 2.24) is 10.2 Å². The smallest absolute Gasteiger partial charge is 0.223 e. The molecule has 2 aromatic rings. The van der Waals surface area contributed by atoms with Gasteiger partial charge in [0.1, 0.15) is 0 Å². The van der Waals surface area contributed by atoms with Gasteiger partial charge in [0.25, 0.3) is 0 Å². The fraction of sp³-hybridized carbons (Fsp3) is 0.455. The quantitative estimate of drug-likeness (QED) is 0.690. The van der Waals surface area contributed by atoms with E-state index in [1.54, 1.807) is 11.3 Å². The number of carbonyl (C=O) groups is 2. The van der Waals surface area contributed by atoms with E-state index in [0.29, 0.717) is 13.1 Å². The number of hydrogen-bond acceptors (Lipinski definition) is 3. The summed E-state index contributed by atoms with van der Waals surface area (Å²) in [6.07, 6.45) is 4.68. The summed E-state index contributed by atoms with van der Waals surface area (Å²) in [5, 5.41) is 5.03. The first kappa shape index (κ1) is 19.6. The number of fused-ring (bicyclic) bond motifs is 1. The summed E-state index contributed by atoms with van der Waals surface area (Å²) < 4.78 is 0. The SMILES string of the molecule is CCCCCNC(=O)CCC(=O)N1CCc2sccc2C1c1ccccc1. The number of nitrogens with zero attached hydrogens (tertiary/aromatic N) is 1. The van der Waals surface area contributed by atoms with Gasteiger partial charge in [-0.15, -0.1) is 11.3 Å². The van der Waals surface area contributed by atoms with Crippen LogP contribution in [0.1, 0.15) is 61.1 Å². The van der Waals surface area contributed by atoms with Gasteiger partial charge in [-0.2, -0.15) is 0 Å². The van der Waals surface area contributed by atoms with E-state index in [2.05, 4.69) is 35.8 Å². The van der Waals surface area contributed by atoms with Crippen LogP contribution in [0.2, 0.25) is 0 Å². The Labute approximate surface area is 165 Å². The van der Waals surface area contributed by atoms with Crippen molar-refractivity contribution >= 4 is 23.2 Å². The first-order chi connectivity index (χ1) is 13.2. The molecule has 0 fully saturated rings. The normalized spacial score (nSPS) is 16.0. The lowest BCUT2D eigenvalue weighted by molar-refractivity contribution is -0.135. The predicted molar refractivity (Wildman–Crippen MR) is 110 cm³/mol. The molecule has 0 bridgehead atoms. The zero-order chi connectivity index (χ0) is 19.1. The van der Waals surface area contributed by atoms with Crippen molar-refractivity contribution in [3.63, 3.8) is 0 Å². The average molecular weight is 385 g/mol. The van der Waals surface area contributed by atoms with E-state index in [0.717, 1.165) is 31.2 Å². The molecule has 0 spiro atoms. The van der Waals surface area contributed by atoms with Gasteiger partial charge < -0.3 is 10.2 Å². The summed E-state index contributed by atoms with van der Waals surface area (Å²) in [6, 6.07) is 12.3. The first-order valence-electron chi connectivity index (χ1n) is 9.88. The van der Waals surface area contributed by atoms with E-state index in [1.165, 1.54) is 10.4 Å². The van der Waals surface area contributed by atoms with Gasteiger partial charge in [-0.25, -0.2) is 0 Å². The standard InChI is InChI=1S/C22H28N2O2S/c1-2-3-7-14-23-20(25)10-11-21(26)24-15-12-19-18(13-16-27-19)22(24)17-8-5-4-6-9-17/h4-6,8-9,13,16,22H,2-3,7,10-12,14-15H2,1H3,(H,23,25). The third-order valence-corrected chi connectivity index (χ3v) is 6.07. The highest BCUT2D eigenvalue weighted by Crippen LogP contribution is 2.38. The molecule has 1 aliphatic rings. The number of thiophene rings is 1. The lowest BCUT2D eigenvalue weighted by Gasteiger charge is -2.36. The topological polar surface area (TPSA) is 49.4 Å². The van der Waals surface area contributed by atoms with Crippen LogP contribution in [-0.2, 0) is 16.0 Å². The van der Waals surface area contributed by atoms with Gasteiger partial charge in [0.05, 0.1) is 6.04 Å². The molecule has 3 rings (SSSR count). The second-order valence-corrected chi connectivity index (χ2v) is 8.01. The Morgan fingerprint density at radius 3 is 2.74 bits per heavy atom. The summed E-state index contributed by atoms with van der Waals surface area (Å²) in [5.74, 6) is 0.0355. The molecule has 0 radical (unpaired) electrons. The molecule has 1 aromatic carbocycles. The molecule has 1 N–H and O–H groups in total. The Morgan fingerprint density at radius 2 is 1.96 bits per heavy atom. The maximum Gasteiger partial charge on any atom is 0.223 e. The summed E-state index contributed by atoms with van der Waals surface area (Å²) >= 11 is 1.77. The molecule has 0 saturated heterocycles. The van der Waals surface area contributed by atoms with Gasteiger partial charge in [0.2, 0.25) is 11.8 Å². The van der Waals surface area contributed by atoms with Gasteiger partial charge in [0.15, 0.2) is 0 Å². The highest BCUT2D eigenvalue weighted by Gasteiger charge is 2.32. The van der Waals surface area contributed by atoms with Crippen LogP contribution in [-0.4, -0.2) is 29.8 Å². The molecule has 1 unspecified atom stereocenters. The minimum absolute atomic E-state index is 0.0241. The van der Waals surface area contributed by atoms with Crippen molar-refractivity contribution in [2.75, 3.05) is 13.1 Å². The number of carbonyl (C=O) groups excluding carboxylic acids is 2. The number of benzene rings is 1. The van der Waals surface area contributed by atoms with Crippen LogP contribution in [0.5, 0.6) is 0 Å². The molecule has 0 saturated carbocycles. The Balaban J connectivity index is 1.64. The Bertz CT molecular complexity index is 757. The van der Waals surface area contributed by atoms with E-state index in [-0.39, 0.29) is 30.7 Å². The molecule has 0 aliphatic carbocycles. The van der Waals surface area contributed by atoms with Gasteiger partial charge in [-0.1, -0.05) is 50.1 Å². The molecule has 5 heteroatoms. The summed E-state index contributed by atoms with van der Waals surface area (Å²) in [5.41, 5.74) is 2.36. The van der Waals surface area contributed by atoms with Crippen LogP contribution in [0.3, 0.4) is 0 Å². The fourth-order valence-corrected chi connectivity index (χ4v) is 4.54. The summed E-state index contributed by atoms with van der Waals surface area (Å²) in [7, 11) is 0. The highest BCUT2D eigenvalue weighted by atomic mass is 32.1. The van der Waals surface area contributed by atoms with Crippen LogP contribution in [0.15, 0.2) is 41.8 Å². The van der Waals surface area contributed by atoms with E-state index in [1.807, 2.05) is 23.1 Å². The van der Waals surface area contributed by atoms with Crippen LogP contribution in [0.4, 0.5) is 0 Å². The van der Waals surface area contributed by atoms with Gasteiger partial charge in [-0.3, -0.25) is 9.59 Å². The van der Waals surface area contributed by atoms with Crippen molar-refractivity contribution in [3.05, 3.63) is 57.8 Å². The third-order valence-electron chi connectivity index (χ3n) is 5.07. The first-order valence-corrected chi connectivity index (χ1v) is 10.8. The van der Waals surface area contributed by atoms with Gasteiger partial charge in [0, 0.05) is 30.8 Å². The van der Waals surface area contributed by atoms with Gasteiger partial charge >= 0.3 is 0 Å². The third kappa shape index (κ3) is 4.98. The number of unbranched alkanes of at least 4 members (excludes halogenated alkanes) is 2. The molecule has 2 amide bonds. The van der Waals surface area contributed by atoms with Crippen LogP contribution < -0.4 is 5.32 Å². The molecule has 1 atom stereocenters.